The Morgan fingerprint density at radius 1 is 1.24 bits per heavy atom. The van der Waals surface area contributed by atoms with E-state index in [1.165, 1.54) is 12.4 Å². The Balaban J connectivity index is 2.01. The maximum absolute atomic E-state index is 12.8. The molecule has 5 nitrogen and oxygen atoms in total. The summed E-state index contributed by atoms with van der Waals surface area (Å²) in [5, 5.41) is 7.08. The molecule has 1 aromatic heterocycles. The fourth-order valence-corrected chi connectivity index (χ4v) is 2.81. The van der Waals surface area contributed by atoms with Gasteiger partial charge in [-0.15, -0.1) is 0 Å². The first-order valence-corrected chi connectivity index (χ1v) is 7.89. The molecule has 0 fully saturated rings. The van der Waals surface area contributed by atoms with E-state index >= 15 is 0 Å². The first-order chi connectivity index (χ1) is 12.2. The molecule has 0 radical (unpaired) electrons. The average molecular weight is 334 g/mol. The lowest BCUT2D eigenvalue weighted by Crippen LogP contribution is -2.30. The minimum atomic E-state index is -0.0399. The van der Waals surface area contributed by atoms with Crippen molar-refractivity contribution >= 4 is 22.6 Å². The second-order valence-electron chi connectivity index (χ2n) is 5.69. The van der Waals surface area contributed by atoms with E-state index in [1.807, 2.05) is 48.5 Å². The average Bonchev–Trinajstić information content (AvgIpc) is 2.65. The van der Waals surface area contributed by atoms with Crippen molar-refractivity contribution in [2.75, 3.05) is 7.11 Å². The third-order valence-electron chi connectivity index (χ3n) is 4.16. The number of nitrogens with two attached hydrogens (primary N) is 2. The molecule has 0 amide bonds. The van der Waals surface area contributed by atoms with Gasteiger partial charge in [0.2, 0.25) is 0 Å². The van der Waals surface area contributed by atoms with E-state index in [-0.39, 0.29) is 5.56 Å². The van der Waals surface area contributed by atoms with E-state index < -0.39 is 0 Å². The van der Waals surface area contributed by atoms with Crippen molar-refractivity contribution in [3.05, 3.63) is 82.4 Å². The van der Waals surface area contributed by atoms with Gasteiger partial charge in [-0.1, -0.05) is 18.2 Å². The highest BCUT2D eigenvalue weighted by molar-refractivity contribution is 6.07. The van der Waals surface area contributed by atoms with Crippen LogP contribution in [-0.2, 0) is 6.54 Å². The fraction of sp³-hybridized carbons (Fsp3) is 0.100. The second kappa shape index (κ2) is 7.05. The fourth-order valence-electron chi connectivity index (χ4n) is 2.81. The number of nitrogens with zero attached hydrogens (tertiary/aromatic N) is 1. The van der Waals surface area contributed by atoms with Crippen molar-refractivity contribution in [2.45, 2.75) is 6.54 Å². The van der Waals surface area contributed by atoms with Crippen LogP contribution in [0.4, 0.5) is 0 Å². The van der Waals surface area contributed by atoms with E-state index in [0.29, 0.717) is 11.9 Å². The Hall–Kier alpha value is -3.34. The highest BCUT2D eigenvalue weighted by Gasteiger charge is 2.07. The van der Waals surface area contributed by atoms with Crippen molar-refractivity contribution in [1.29, 1.82) is 0 Å². The van der Waals surface area contributed by atoms with E-state index in [9.17, 15) is 4.79 Å². The lowest BCUT2D eigenvalue weighted by molar-refractivity contribution is -0.103. The first-order valence-electron chi connectivity index (χ1n) is 7.89. The molecular weight excluding hydrogens is 314 g/mol. The van der Waals surface area contributed by atoms with Crippen LogP contribution in [0.15, 0.2) is 65.7 Å². The topological polar surface area (TPSA) is 82.8 Å². The van der Waals surface area contributed by atoms with Gasteiger partial charge >= 0.3 is 0 Å². The molecule has 3 aromatic rings. The van der Waals surface area contributed by atoms with Crippen molar-refractivity contribution in [3.63, 3.8) is 0 Å². The second-order valence-corrected chi connectivity index (χ2v) is 5.69. The van der Waals surface area contributed by atoms with E-state index in [1.54, 1.807) is 17.9 Å². The Kier molecular flexibility index (Phi) is 4.66. The normalized spacial score (nSPS) is 11.5. The molecule has 0 saturated carbocycles. The van der Waals surface area contributed by atoms with Crippen LogP contribution in [0.25, 0.3) is 16.3 Å². The third-order valence-corrected chi connectivity index (χ3v) is 4.16. The summed E-state index contributed by atoms with van der Waals surface area (Å²) in [6.45, 7) is 0.484. The number of ether oxygens (including phenoxy) is 1. The van der Waals surface area contributed by atoms with Crippen LogP contribution in [0.3, 0.4) is 0 Å². The van der Waals surface area contributed by atoms with Crippen LogP contribution in [0.1, 0.15) is 11.1 Å². The van der Waals surface area contributed by atoms with E-state index in [4.69, 9.17) is 15.9 Å². The number of hydrogen-bond donors (Lipinski definition) is 2. The lowest BCUT2D eigenvalue weighted by atomic mass is 10.0. The standard InChI is InChI=1S/C20H19N3O2/c1-25-18-4-2-3-14(9-18)13-23-8-7-16-10-15(17(11-21)12-22)5-6-19(16)20(23)24/h2-12,21H,13,22H2,1H3/p+1/b17-12+,21-11?. The van der Waals surface area contributed by atoms with Crippen molar-refractivity contribution in [1.82, 2.24) is 4.57 Å². The van der Waals surface area contributed by atoms with Crippen molar-refractivity contribution in [3.8, 4) is 5.75 Å². The molecule has 4 N–H and O–H groups in total. The summed E-state index contributed by atoms with van der Waals surface area (Å²) in [6, 6.07) is 15.2. The smallest absolute Gasteiger partial charge is 0.258 e. The summed E-state index contributed by atoms with van der Waals surface area (Å²) >= 11 is 0. The molecule has 2 aromatic carbocycles. The largest absolute Gasteiger partial charge is 0.497 e. The molecular formula is C20H20N3O2+. The summed E-state index contributed by atoms with van der Waals surface area (Å²) < 4.78 is 6.92. The summed E-state index contributed by atoms with van der Waals surface area (Å²) in [4.78, 5) is 12.8. The van der Waals surface area contributed by atoms with Crippen LogP contribution in [0.5, 0.6) is 5.75 Å². The van der Waals surface area contributed by atoms with Gasteiger partial charge in [0.25, 0.3) is 5.56 Å². The number of rotatable bonds is 5. The van der Waals surface area contributed by atoms with Crippen LogP contribution in [0, 0.1) is 0 Å². The van der Waals surface area contributed by atoms with Gasteiger partial charge in [0.1, 0.15) is 5.75 Å². The van der Waals surface area contributed by atoms with Gasteiger partial charge in [-0.2, -0.15) is 0 Å². The van der Waals surface area contributed by atoms with Crippen molar-refractivity contribution < 1.29 is 10.1 Å². The molecule has 0 bridgehead atoms. The van der Waals surface area contributed by atoms with Crippen LogP contribution in [0.2, 0.25) is 0 Å². The molecule has 1 heterocycles. The lowest BCUT2D eigenvalue weighted by Gasteiger charge is -2.09. The SMILES string of the molecule is COc1cccc(Cn2ccc3cc(/C(C=[NH2+])=C/N)ccc3c2=O)c1. The van der Waals surface area contributed by atoms with Gasteiger partial charge in [0.15, 0.2) is 6.21 Å². The van der Waals surface area contributed by atoms with Crippen LogP contribution >= 0.6 is 0 Å². The minimum absolute atomic E-state index is 0.0399. The van der Waals surface area contributed by atoms with Gasteiger partial charge < -0.3 is 15.0 Å². The first kappa shape index (κ1) is 16.5. The Morgan fingerprint density at radius 3 is 2.80 bits per heavy atom. The molecule has 0 aliphatic heterocycles. The van der Waals surface area contributed by atoms with Gasteiger partial charge in [0, 0.05) is 17.8 Å². The van der Waals surface area contributed by atoms with Crippen molar-refractivity contribution in [2.24, 2.45) is 5.73 Å². The highest BCUT2D eigenvalue weighted by Crippen LogP contribution is 2.18. The van der Waals surface area contributed by atoms with E-state index in [2.05, 4.69) is 0 Å². The Bertz CT molecular complexity index is 1020. The Labute approximate surface area is 145 Å². The summed E-state index contributed by atoms with van der Waals surface area (Å²) in [5.41, 5.74) is 8.14. The van der Waals surface area contributed by atoms with Crippen LogP contribution in [-0.4, -0.2) is 17.9 Å². The maximum atomic E-state index is 12.8. The van der Waals surface area contributed by atoms with Crippen LogP contribution < -0.4 is 21.4 Å². The molecule has 0 aliphatic carbocycles. The van der Waals surface area contributed by atoms with Gasteiger partial charge in [0.05, 0.1) is 19.2 Å². The maximum Gasteiger partial charge on any atom is 0.258 e. The number of methoxy groups -OCH3 is 1. The molecule has 3 rings (SSSR count). The molecule has 25 heavy (non-hydrogen) atoms. The number of fused-ring (bicyclic) bond motifs is 1. The van der Waals surface area contributed by atoms with E-state index in [0.717, 1.165) is 27.8 Å². The molecule has 0 saturated heterocycles. The zero-order chi connectivity index (χ0) is 17.8. The highest BCUT2D eigenvalue weighted by atomic mass is 16.5. The van der Waals surface area contributed by atoms with Gasteiger partial charge in [-0.05, 0) is 46.8 Å². The predicted octanol–water partition coefficient (Wildman–Crippen LogP) is 1.19. The Morgan fingerprint density at radius 2 is 2.08 bits per heavy atom. The number of allylic oxidation sites excluding steroid dienone is 1. The zero-order valence-corrected chi connectivity index (χ0v) is 14.0. The molecule has 0 atom stereocenters. The number of benzene rings is 2. The quantitative estimate of drug-likeness (QED) is 0.688. The number of aromatic nitrogens is 1. The molecule has 0 unspecified atom stereocenters. The summed E-state index contributed by atoms with van der Waals surface area (Å²) in [7, 11) is 1.63. The molecule has 126 valence electrons. The number of hydrogen-bond acceptors (Lipinski definition) is 3. The monoisotopic (exact) mass is 334 g/mol. The van der Waals surface area contributed by atoms with Gasteiger partial charge in [-0.3, -0.25) is 10.2 Å². The molecule has 5 heteroatoms. The zero-order valence-electron chi connectivity index (χ0n) is 14.0. The number of pyridine rings is 1. The molecule has 0 spiro atoms. The minimum Gasteiger partial charge on any atom is -0.497 e. The summed E-state index contributed by atoms with van der Waals surface area (Å²) in [6.07, 6.45) is 4.70. The predicted molar refractivity (Wildman–Crippen MR) is 100 cm³/mol. The molecule has 0 aliphatic rings. The third kappa shape index (κ3) is 3.30. The van der Waals surface area contributed by atoms with Gasteiger partial charge in [-0.25, -0.2) is 0 Å². The summed E-state index contributed by atoms with van der Waals surface area (Å²) in [5.74, 6) is 0.773.